The van der Waals surface area contributed by atoms with Crippen molar-refractivity contribution in [3.05, 3.63) is 47.1 Å². The lowest BCUT2D eigenvalue weighted by Gasteiger charge is -2.07. The van der Waals surface area contributed by atoms with Crippen LogP contribution in [-0.2, 0) is 0 Å². The monoisotopic (exact) mass is 255 g/mol. The van der Waals surface area contributed by atoms with Crippen molar-refractivity contribution in [2.75, 3.05) is 11.1 Å². The molecule has 3 nitrogen and oxygen atoms in total. The second kappa shape index (κ2) is 4.55. The Morgan fingerprint density at radius 3 is 2.59 bits per heavy atom. The molecule has 2 aromatic rings. The van der Waals surface area contributed by atoms with Crippen molar-refractivity contribution in [1.82, 2.24) is 4.98 Å². The molecule has 0 radical (unpaired) electrons. The number of benzene rings is 1. The summed E-state index contributed by atoms with van der Waals surface area (Å²) in [6, 6.07) is 6.14. The highest BCUT2D eigenvalue weighted by Crippen LogP contribution is 2.22. The predicted octanol–water partition coefficient (Wildman–Crippen LogP) is 3.34. The number of nitrogens with one attached hydrogen (secondary N) is 1. The molecule has 0 fully saturated rings. The maximum atomic E-state index is 13.3. The van der Waals surface area contributed by atoms with Gasteiger partial charge >= 0.3 is 0 Å². The Hall–Kier alpha value is -1.88. The second-order valence-electron chi connectivity index (χ2n) is 3.36. The van der Waals surface area contributed by atoms with Gasteiger partial charge in [0.05, 0.1) is 5.69 Å². The first-order chi connectivity index (χ1) is 8.04. The molecule has 0 saturated heterocycles. The van der Waals surface area contributed by atoms with E-state index < -0.39 is 11.6 Å². The lowest BCUT2D eigenvalue weighted by atomic mass is 10.3. The maximum absolute atomic E-state index is 13.3. The summed E-state index contributed by atoms with van der Waals surface area (Å²) in [6.45, 7) is 0. The van der Waals surface area contributed by atoms with E-state index in [9.17, 15) is 8.78 Å². The normalized spacial score (nSPS) is 10.3. The van der Waals surface area contributed by atoms with Crippen LogP contribution in [-0.4, -0.2) is 4.98 Å². The molecule has 0 atom stereocenters. The summed E-state index contributed by atoms with van der Waals surface area (Å²) in [5.41, 5.74) is 6.05. The summed E-state index contributed by atoms with van der Waals surface area (Å²) in [4.78, 5) is 3.91. The number of pyridine rings is 1. The number of nitrogens with zero attached hydrogens (tertiary/aromatic N) is 1. The number of halogens is 3. The summed E-state index contributed by atoms with van der Waals surface area (Å²) < 4.78 is 26.0. The number of nitrogens with two attached hydrogens (primary N) is 1. The third kappa shape index (κ3) is 2.82. The highest BCUT2D eigenvalue weighted by molar-refractivity contribution is 6.29. The lowest BCUT2D eigenvalue weighted by molar-refractivity contribution is 0.586. The minimum Gasteiger partial charge on any atom is -0.399 e. The van der Waals surface area contributed by atoms with E-state index in [2.05, 4.69) is 10.3 Å². The Bertz CT molecular complexity index is 540. The van der Waals surface area contributed by atoms with Crippen molar-refractivity contribution in [1.29, 1.82) is 0 Å². The molecule has 0 amide bonds. The number of anilines is 3. The molecule has 2 rings (SSSR count). The SMILES string of the molecule is Nc1cc(Cl)nc(Nc2ccc(F)cc2F)c1. The average Bonchev–Trinajstić information content (AvgIpc) is 2.21. The minimum atomic E-state index is -0.717. The maximum Gasteiger partial charge on any atom is 0.149 e. The van der Waals surface area contributed by atoms with Gasteiger partial charge in [0.15, 0.2) is 0 Å². The molecule has 0 aliphatic carbocycles. The first-order valence-electron chi connectivity index (χ1n) is 4.70. The third-order valence-electron chi connectivity index (χ3n) is 2.01. The van der Waals surface area contributed by atoms with E-state index in [1.54, 1.807) is 0 Å². The van der Waals surface area contributed by atoms with Crippen molar-refractivity contribution < 1.29 is 8.78 Å². The van der Waals surface area contributed by atoms with Crippen LogP contribution in [0.5, 0.6) is 0 Å². The Kier molecular flexibility index (Phi) is 3.10. The van der Waals surface area contributed by atoms with E-state index in [-0.39, 0.29) is 10.8 Å². The Balaban J connectivity index is 2.31. The summed E-state index contributed by atoms with van der Waals surface area (Å²) in [7, 11) is 0. The van der Waals surface area contributed by atoms with Gasteiger partial charge < -0.3 is 11.1 Å². The number of nitrogen functional groups attached to an aromatic ring is 1. The summed E-state index contributed by atoms with van der Waals surface area (Å²) >= 11 is 5.70. The van der Waals surface area contributed by atoms with Gasteiger partial charge in [-0.15, -0.1) is 0 Å². The molecule has 0 saturated carbocycles. The summed E-state index contributed by atoms with van der Waals surface area (Å²) in [6.07, 6.45) is 0. The van der Waals surface area contributed by atoms with Crippen LogP contribution in [0.2, 0.25) is 5.15 Å². The van der Waals surface area contributed by atoms with Crippen LogP contribution in [0.4, 0.5) is 26.0 Å². The number of hydrogen-bond acceptors (Lipinski definition) is 3. The molecule has 0 spiro atoms. The van der Waals surface area contributed by atoms with Gasteiger partial charge in [0.2, 0.25) is 0 Å². The topological polar surface area (TPSA) is 50.9 Å². The zero-order chi connectivity index (χ0) is 12.4. The third-order valence-corrected chi connectivity index (χ3v) is 2.20. The van der Waals surface area contributed by atoms with Gasteiger partial charge in [0, 0.05) is 17.8 Å². The van der Waals surface area contributed by atoms with Crippen LogP contribution in [0.15, 0.2) is 30.3 Å². The van der Waals surface area contributed by atoms with Crippen molar-refractivity contribution in [3.63, 3.8) is 0 Å². The average molecular weight is 256 g/mol. The molecule has 1 aromatic carbocycles. The van der Waals surface area contributed by atoms with Crippen LogP contribution in [0.25, 0.3) is 0 Å². The second-order valence-corrected chi connectivity index (χ2v) is 3.74. The van der Waals surface area contributed by atoms with E-state index in [0.29, 0.717) is 11.5 Å². The van der Waals surface area contributed by atoms with E-state index in [4.69, 9.17) is 17.3 Å². The molecular weight excluding hydrogens is 248 g/mol. The van der Waals surface area contributed by atoms with Gasteiger partial charge in [0.1, 0.15) is 22.6 Å². The standard InChI is InChI=1S/C11H8ClF2N3/c12-10-4-7(15)5-11(17-10)16-9-2-1-6(13)3-8(9)14/h1-5H,(H3,15,16,17). The van der Waals surface area contributed by atoms with Gasteiger partial charge in [0.25, 0.3) is 0 Å². The van der Waals surface area contributed by atoms with Gasteiger partial charge in [-0.25, -0.2) is 13.8 Å². The van der Waals surface area contributed by atoms with Crippen molar-refractivity contribution in [3.8, 4) is 0 Å². The van der Waals surface area contributed by atoms with Crippen LogP contribution >= 0.6 is 11.6 Å². The number of aromatic nitrogens is 1. The fourth-order valence-corrected chi connectivity index (χ4v) is 1.53. The highest BCUT2D eigenvalue weighted by Gasteiger charge is 2.05. The van der Waals surface area contributed by atoms with E-state index in [1.807, 2.05) is 0 Å². The molecule has 0 unspecified atom stereocenters. The fourth-order valence-electron chi connectivity index (χ4n) is 1.31. The Labute approximate surface area is 101 Å². The van der Waals surface area contributed by atoms with Crippen LogP contribution in [0.3, 0.4) is 0 Å². The Morgan fingerprint density at radius 1 is 1.18 bits per heavy atom. The van der Waals surface area contributed by atoms with E-state index in [1.165, 1.54) is 18.2 Å². The zero-order valence-corrected chi connectivity index (χ0v) is 9.30. The first kappa shape index (κ1) is 11.6. The lowest BCUT2D eigenvalue weighted by Crippen LogP contribution is -1.98. The van der Waals surface area contributed by atoms with E-state index in [0.717, 1.165) is 12.1 Å². The smallest absolute Gasteiger partial charge is 0.149 e. The van der Waals surface area contributed by atoms with Crippen LogP contribution in [0.1, 0.15) is 0 Å². The molecule has 1 heterocycles. The number of hydrogen-bond donors (Lipinski definition) is 2. The largest absolute Gasteiger partial charge is 0.399 e. The molecule has 0 aliphatic heterocycles. The van der Waals surface area contributed by atoms with Gasteiger partial charge in [-0.3, -0.25) is 0 Å². The molecule has 1 aromatic heterocycles. The molecule has 6 heteroatoms. The van der Waals surface area contributed by atoms with Crippen LogP contribution < -0.4 is 11.1 Å². The van der Waals surface area contributed by atoms with Crippen molar-refractivity contribution >= 4 is 28.8 Å². The molecule has 0 bridgehead atoms. The predicted molar refractivity (Wildman–Crippen MR) is 63.3 cm³/mol. The molecule has 17 heavy (non-hydrogen) atoms. The summed E-state index contributed by atoms with van der Waals surface area (Å²) in [5.74, 6) is -1.07. The first-order valence-corrected chi connectivity index (χ1v) is 5.07. The van der Waals surface area contributed by atoms with Gasteiger partial charge in [-0.2, -0.15) is 0 Å². The highest BCUT2D eigenvalue weighted by atomic mass is 35.5. The fraction of sp³-hybridized carbons (Fsp3) is 0. The Morgan fingerprint density at radius 2 is 1.94 bits per heavy atom. The minimum absolute atomic E-state index is 0.0977. The quantitative estimate of drug-likeness (QED) is 0.809. The molecule has 3 N–H and O–H groups in total. The summed E-state index contributed by atoms with van der Waals surface area (Å²) in [5, 5.41) is 2.85. The van der Waals surface area contributed by atoms with Crippen LogP contribution in [0, 0.1) is 11.6 Å². The molecule has 0 aliphatic rings. The molecular formula is C11H8ClF2N3. The van der Waals surface area contributed by atoms with E-state index >= 15 is 0 Å². The molecule has 88 valence electrons. The zero-order valence-electron chi connectivity index (χ0n) is 8.55. The van der Waals surface area contributed by atoms with Gasteiger partial charge in [-0.1, -0.05) is 11.6 Å². The van der Waals surface area contributed by atoms with Crippen molar-refractivity contribution in [2.45, 2.75) is 0 Å². The van der Waals surface area contributed by atoms with Gasteiger partial charge in [-0.05, 0) is 18.2 Å². The number of rotatable bonds is 2. The van der Waals surface area contributed by atoms with Crippen molar-refractivity contribution in [2.24, 2.45) is 0 Å².